The van der Waals surface area contributed by atoms with E-state index in [1.807, 2.05) is 0 Å². The summed E-state index contributed by atoms with van der Waals surface area (Å²) in [5.74, 6) is 0.736. The van der Waals surface area contributed by atoms with Crippen LogP contribution in [0.2, 0.25) is 0 Å². The van der Waals surface area contributed by atoms with E-state index in [2.05, 4.69) is 27.9 Å². The van der Waals surface area contributed by atoms with Gasteiger partial charge in [-0.1, -0.05) is 6.42 Å². The molecule has 2 N–H and O–H groups in total. The minimum atomic E-state index is 0.592. The zero-order valence-electron chi connectivity index (χ0n) is 12.0. The molecule has 1 aromatic rings. The summed E-state index contributed by atoms with van der Waals surface area (Å²) in [7, 11) is 2.08. The lowest BCUT2D eigenvalue weighted by molar-refractivity contribution is 0.129. The lowest BCUT2D eigenvalue weighted by Crippen LogP contribution is -2.37. The van der Waals surface area contributed by atoms with Crippen molar-refractivity contribution in [2.45, 2.75) is 44.6 Å². The molecule has 0 radical (unpaired) electrons. The summed E-state index contributed by atoms with van der Waals surface area (Å²) in [6.07, 6.45) is 9.79. The van der Waals surface area contributed by atoms with Crippen molar-refractivity contribution in [1.29, 1.82) is 0 Å². The highest BCUT2D eigenvalue weighted by molar-refractivity contribution is 5.26. The predicted octanol–water partition coefficient (Wildman–Crippen LogP) is 1.86. The SMILES string of the molecule is Cn1ncc2c1CC(CCN)CC2N1CCCCC1. The Balaban J connectivity index is 1.84. The van der Waals surface area contributed by atoms with Crippen molar-refractivity contribution >= 4 is 0 Å². The van der Waals surface area contributed by atoms with Crippen LogP contribution in [0, 0.1) is 5.92 Å². The highest BCUT2D eigenvalue weighted by Gasteiger charge is 2.33. The Bertz CT molecular complexity index is 420. The second-order valence-corrected chi connectivity index (χ2v) is 6.17. The monoisotopic (exact) mass is 262 g/mol. The van der Waals surface area contributed by atoms with Crippen molar-refractivity contribution in [3.05, 3.63) is 17.5 Å². The Morgan fingerprint density at radius 2 is 2.11 bits per heavy atom. The smallest absolute Gasteiger partial charge is 0.0540 e. The van der Waals surface area contributed by atoms with Crippen LogP contribution < -0.4 is 5.73 Å². The molecule has 19 heavy (non-hydrogen) atoms. The molecule has 0 spiro atoms. The van der Waals surface area contributed by atoms with Crippen molar-refractivity contribution in [2.24, 2.45) is 18.7 Å². The molecule has 2 aliphatic rings. The van der Waals surface area contributed by atoms with E-state index in [-0.39, 0.29) is 0 Å². The van der Waals surface area contributed by atoms with Crippen LogP contribution in [0.25, 0.3) is 0 Å². The maximum Gasteiger partial charge on any atom is 0.0540 e. The number of nitrogens with two attached hydrogens (primary N) is 1. The fourth-order valence-electron chi connectivity index (χ4n) is 3.84. The van der Waals surface area contributed by atoms with Gasteiger partial charge < -0.3 is 5.73 Å². The third kappa shape index (κ3) is 2.56. The molecule has 3 rings (SSSR count). The second kappa shape index (κ2) is 5.63. The summed E-state index contributed by atoms with van der Waals surface area (Å²) in [6, 6.07) is 0.592. The van der Waals surface area contributed by atoms with E-state index in [1.54, 1.807) is 0 Å². The van der Waals surface area contributed by atoms with Crippen molar-refractivity contribution in [3.63, 3.8) is 0 Å². The normalized spacial score (nSPS) is 28.3. The van der Waals surface area contributed by atoms with Crippen LogP contribution in [-0.4, -0.2) is 34.3 Å². The van der Waals surface area contributed by atoms with Crippen LogP contribution in [0.5, 0.6) is 0 Å². The van der Waals surface area contributed by atoms with E-state index in [0.29, 0.717) is 6.04 Å². The fraction of sp³-hybridized carbons (Fsp3) is 0.800. The Morgan fingerprint density at radius 3 is 2.84 bits per heavy atom. The molecular formula is C15H26N4. The van der Waals surface area contributed by atoms with E-state index >= 15 is 0 Å². The fourth-order valence-corrected chi connectivity index (χ4v) is 3.84. The van der Waals surface area contributed by atoms with Gasteiger partial charge in [-0.2, -0.15) is 5.10 Å². The maximum atomic E-state index is 5.78. The largest absolute Gasteiger partial charge is 0.330 e. The maximum absolute atomic E-state index is 5.78. The molecule has 0 aromatic carbocycles. The summed E-state index contributed by atoms with van der Waals surface area (Å²) in [5.41, 5.74) is 8.71. The molecule has 2 atom stereocenters. The van der Waals surface area contributed by atoms with E-state index in [1.165, 1.54) is 50.0 Å². The van der Waals surface area contributed by atoms with E-state index in [0.717, 1.165) is 25.3 Å². The lowest BCUT2D eigenvalue weighted by atomic mass is 9.81. The van der Waals surface area contributed by atoms with Crippen LogP contribution in [0.1, 0.15) is 49.4 Å². The van der Waals surface area contributed by atoms with Crippen molar-refractivity contribution in [3.8, 4) is 0 Å². The van der Waals surface area contributed by atoms with Crippen molar-refractivity contribution in [2.75, 3.05) is 19.6 Å². The number of fused-ring (bicyclic) bond motifs is 1. The summed E-state index contributed by atoms with van der Waals surface area (Å²) < 4.78 is 2.08. The van der Waals surface area contributed by atoms with E-state index in [4.69, 9.17) is 5.73 Å². The predicted molar refractivity (Wildman–Crippen MR) is 76.9 cm³/mol. The Labute approximate surface area is 116 Å². The number of piperidine rings is 1. The molecule has 0 bridgehead atoms. The van der Waals surface area contributed by atoms with E-state index in [9.17, 15) is 0 Å². The molecule has 106 valence electrons. The zero-order chi connectivity index (χ0) is 13.2. The molecule has 1 saturated heterocycles. The van der Waals surface area contributed by atoms with Gasteiger partial charge in [0.2, 0.25) is 0 Å². The quantitative estimate of drug-likeness (QED) is 0.904. The molecule has 0 amide bonds. The molecule has 1 aliphatic carbocycles. The minimum absolute atomic E-state index is 0.592. The summed E-state index contributed by atoms with van der Waals surface area (Å²) in [6.45, 7) is 3.33. The first-order chi connectivity index (χ1) is 9.29. The lowest BCUT2D eigenvalue weighted by Gasteiger charge is -2.39. The van der Waals surface area contributed by atoms with Crippen LogP contribution in [0.3, 0.4) is 0 Å². The third-order valence-corrected chi connectivity index (χ3v) is 4.90. The number of hydrogen-bond donors (Lipinski definition) is 1. The summed E-state index contributed by atoms with van der Waals surface area (Å²) in [5, 5.41) is 4.50. The average molecular weight is 262 g/mol. The van der Waals surface area contributed by atoms with Crippen molar-refractivity contribution in [1.82, 2.24) is 14.7 Å². The van der Waals surface area contributed by atoms with Gasteiger partial charge in [0, 0.05) is 24.3 Å². The van der Waals surface area contributed by atoms with Crippen LogP contribution >= 0.6 is 0 Å². The van der Waals surface area contributed by atoms with Gasteiger partial charge in [0.1, 0.15) is 0 Å². The van der Waals surface area contributed by atoms with Gasteiger partial charge in [-0.3, -0.25) is 9.58 Å². The molecule has 4 nitrogen and oxygen atoms in total. The van der Waals surface area contributed by atoms with Crippen LogP contribution in [-0.2, 0) is 13.5 Å². The average Bonchev–Trinajstić information content (AvgIpc) is 2.81. The molecule has 4 heteroatoms. The standard InChI is InChI=1S/C15H26N4/c1-18-14-9-12(5-6-16)10-15(13(14)11-17-18)19-7-3-2-4-8-19/h11-12,15H,2-10,16H2,1H3. The van der Waals surface area contributed by atoms with Gasteiger partial charge in [0.05, 0.1) is 6.20 Å². The van der Waals surface area contributed by atoms with Gasteiger partial charge in [-0.15, -0.1) is 0 Å². The van der Waals surface area contributed by atoms with Gasteiger partial charge in [-0.05, 0) is 57.7 Å². The molecule has 0 saturated carbocycles. The molecule has 1 aliphatic heterocycles. The van der Waals surface area contributed by atoms with Gasteiger partial charge in [-0.25, -0.2) is 0 Å². The number of nitrogens with zero attached hydrogens (tertiary/aromatic N) is 3. The van der Waals surface area contributed by atoms with Gasteiger partial charge in [0.15, 0.2) is 0 Å². The highest BCUT2D eigenvalue weighted by atomic mass is 15.3. The highest BCUT2D eigenvalue weighted by Crippen LogP contribution is 2.39. The molecule has 1 aromatic heterocycles. The summed E-state index contributed by atoms with van der Waals surface area (Å²) in [4.78, 5) is 2.69. The zero-order valence-corrected chi connectivity index (χ0v) is 12.0. The first-order valence-electron chi connectivity index (χ1n) is 7.74. The van der Waals surface area contributed by atoms with Crippen LogP contribution in [0.15, 0.2) is 6.20 Å². The first-order valence-corrected chi connectivity index (χ1v) is 7.74. The summed E-state index contributed by atoms with van der Waals surface area (Å²) >= 11 is 0. The molecule has 2 heterocycles. The van der Waals surface area contributed by atoms with Gasteiger partial charge >= 0.3 is 0 Å². The number of aryl methyl sites for hydroxylation is 1. The number of rotatable bonds is 3. The molecule has 1 fully saturated rings. The topological polar surface area (TPSA) is 47.1 Å². The van der Waals surface area contributed by atoms with E-state index < -0.39 is 0 Å². The van der Waals surface area contributed by atoms with Crippen LogP contribution in [0.4, 0.5) is 0 Å². The minimum Gasteiger partial charge on any atom is -0.330 e. The Hall–Kier alpha value is -0.870. The first kappa shape index (κ1) is 13.1. The second-order valence-electron chi connectivity index (χ2n) is 6.17. The number of hydrogen-bond acceptors (Lipinski definition) is 3. The Kier molecular flexibility index (Phi) is 3.89. The Morgan fingerprint density at radius 1 is 1.32 bits per heavy atom. The molecular weight excluding hydrogens is 236 g/mol. The third-order valence-electron chi connectivity index (χ3n) is 4.90. The number of aromatic nitrogens is 2. The van der Waals surface area contributed by atoms with Gasteiger partial charge in [0.25, 0.3) is 0 Å². The molecule has 2 unspecified atom stereocenters. The number of likely N-dealkylation sites (tertiary alicyclic amines) is 1. The van der Waals surface area contributed by atoms with Crippen molar-refractivity contribution < 1.29 is 0 Å².